The van der Waals surface area contributed by atoms with E-state index in [4.69, 9.17) is 11.6 Å². The topological polar surface area (TPSA) is 46.2 Å². The summed E-state index contributed by atoms with van der Waals surface area (Å²) in [5.41, 5.74) is 1.24. The first kappa shape index (κ1) is 14.4. The van der Waals surface area contributed by atoms with Crippen molar-refractivity contribution in [1.82, 2.24) is 0 Å². The predicted octanol–water partition coefficient (Wildman–Crippen LogP) is 4.07. The first-order chi connectivity index (χ1) is 8.94. The number of benzene rings is 1. The molecule has 0 atom stereocenters. The maximum atomic E-state index is 12.3. The third-order valence-electron chi connectivity index (χ3n) is 2.76. The zero-order valence-electron chi connectivity index (χ0n) is 10.6. The summed E-state index contributed by atoms with van der Waals surface area (Å²) in [6.45, 7) is 3.78. The molecule has 1 heterocycles. The summed E-state index contributed by atoms with van der Waals surface area (Å²) in [5, 5.41) is 0.542. The Morgan fingerprint density at radius 2 is 2.00 bits per heavy atom. The van der Waals surface area contributed by atoms with Crippen molar-refractivity contribution in [2.75, 3.05) is 4.72 Å². The van der Waals surface area contributed by atoms with E-state index in [1.54, 1.807) is 31.2 Å². The third-order valence-corrected chi connectivity index (χ3v) is 6.26. The maximum absolute atomic E-state index is 12.3. The van der Waals surface area contributed by atoms with Crippen LogP contribution in [-0.2, 0) is 16.4 Å². The van der Waals surface area contributed by atoms with Crippen LogP contribution >= 0.6 is 22.9 Å². The Morgan fingerprint density at radius 1 is 1.26 bits per heavy atom. The first-order valence-corrected chi connectivity index (χ1v) is 8.48. The fourth-order valence-corrected chi connectivity index (χ4v) is 4.20. The van der Waals surface area contributed by atoms with Crippen LogP contribution in [0.5, 0.6) is 0 Å². The van der Waals surface area contributed by atoms with Gasteiger partial charge < -0.3 is 0 Å². The minimum atomic E-state index is -3.53. The molecule has 0 saturated heterocycles. The molecule has 2 rings (SSSR count). The van der Waals surface area contributed by atoms with Gasteiger partial charge in [0.05, 0.1) is 5.69 Å². The molecule has 0 aliphatic heterocycles. The zero-order chi connectivity index (χ0) is 14.0. The molecule has 2 aromatic rings. The molecule has 19 heavy (non-hydrogen) atoms. The molecule has 1 aromatic heterocycles. The normalized spacial score (nSPS) is 11.5. The highest BCUT2D eigenvalue weighted by Crippen LogP contribution is 2.28. The Morgan fingerprint density at radius 3 is 2.63 bits per heavy atom. The summed E-state index contributed by atoms with van der Waals surface area (Å²) in [7, 11) is -3.53. The van der Waals surface area contributed by atoms with Crippen molar-refractivity contribution in [1.29, 1.82) is 0 Å². The molecule has 0 bridgehead atoms. The van der Waals surface area contributed by atoms with Gasteiger partial charge in [0.1, 0.15) is 4.21 Å². The molecule has 6 heteroatoms. The highest BCUT2D eigenvalue weighted by atomic mass is 35.5. The van der Waals surface area contributed by atoms with E-state index in [-0.39, 0.29) is 0 Å². The molecule has 0 aliphatic rings. The standard InChI is InChI=1S/C13H14ClNO2S2/c1-3-10-7-8-13(18-10)19(16,17)15-12-6-4-5-11(14)9(12)2/h4-8,15H,3H2,1-2H3. The number of aryl methyl sites for hydroxylation is 1. The molecule has 0 unspecified atom stereocenters. The average Bonchev–Trinajstić information content (AvgIpc) is 2.84. The van der Waals surface area contributed by atoms with Gasteiger partial charge in [0, 0.05) is 9.90 Å². The molecule has 0 radical (unpaired) electrons. The van der Waals surface area contributed by atoms with Gasteiger partial charge in [-0.15, -0.1) is 11.3 Å². The largest absolute Gasteiger partial charge is 0.279 e. The van der Waals surface area contributed by atoms with Gasteiger partial charge in [-0.05, 0) is 43.2 Å². The molecule has 1 aromatic carbocycles. The fourth-order valence-electron chi connectivity index (χ4n) is 1.61. The molecule has 0 fully saturated rings. The van der Waals surface area contributed by atoms with E-state index in [2.05, 4.69) is 4.72 Å². The van der Waals surface area contributed by atoms with Gasteiger partial charge in [-0.1, -0.05) is 24.6 Å². The molecule has 102 valence electrons. The number of hydrogen-bond donors (Lipinski definition) is 1. The Balaban J connectivity index is 2.33. The van der Waals surface area contributed by atoms with Gasteiger partial charge in [0.2, 0.25) is 0 Å². The summed E-state index contributed by atoms with van der Waals surface area (Å²) in [6, 6.07) is 8.62. The number of anilines is 1. The van der Waals surface area contributed by atoms with Gasteiger partial charge in [0.25, 0.3) is 10.0 Å². The van der Waals surface area contributed by atoms with Gasteiger partial charge >= 0.3 is 0 Å². The van der Waals surface area contributed by atoms with Crippen molar-refractivity contribution in [2.24, 2.45) is 0 Å². The van der Waals surface area contributed by atoms with Crippen molar-refractivity contribution >= 4 is 38.6 Å². The lowest BCUT2D eigenvalue weighted by Crippen LogP contribution is -2.12. The second-order valence-electron chi connectivity index (χ2n) is 4.09. The van der Waals surface area contributed by atoms with Crippen LogP contribution in [0, 0.1) is 6.92 Å². The van der Waals surface area contributed by atoms with Gasteiger partial charge in [0.15, 0.2) is 0 Å². The molecule has 0 amide bonds. The number of nitrogens with one attached hydrogen (secondary N) is 1. The number of thiophene rings is 1. The summed E-state index contributed by atoms with van der Waals surface area (Å²) in [5.74, 6) is 0. The van der Waals surface area contributed by atoms with Crippen molar-refractivity contribution < 1.29 is 8.42 Å². The molecule has 0 spiro atoms. The van der Waals surface area contributed by atoms with Crippen LogP contribution in [-0.4, -0.2) is 8.42 Å². The van der Waals surface area contributed by atoms with E-state index in [0.29, 0.717) is 14.9 Å². The lowest BCUT2D eigenvalue weighted by atomic mass is 10.2. The second-order valence-corrected chi connectivity index (χ2v) is 7.58. The number of rotatable bonds is 4. The highest BCUT2D eigenvalue weighted by Gasteiger charge is 2.18. The first-order valence-electron chi connectivity index (χ1n) is 5.80. The van der Waals surface area contributed by atoms with Crippen LogP contribution in [0.3, 0.4) is 0 Å². The maximum Gasteiger partial charge on any atom is 0.271 e. The van der Waals surface area contributed by atoms with Crippen LogP contribution in [0.2, 0.25) is 5.02 Å². The summed E-state index contributed by atoms with van der Waals surface area (Å²) >= 11 is 7.27. The molecular weight excluding hydrogens is 302 g/mol. The average molecular weight is 316 g/mol. The zero-order valence-corrected chi connectivity index (χ0v) is 13.0. The van der Waals surface area contributed by atoms with Crippen molar-refractivity contribution in [2.45, 2.75) is 24.5 Å². The van der Waals surface area contributed by atoms with E-state index in [1.165, 1.54) is 11.3 Å². The van der Waals surface area contributed by atoms with Crippen LogP contribution < -0.4 is 4.72 Å². The van der Waals surface area contributed by atoms with E-state index in [9.17, 15) is 8.42 Å². The van der Waals surface area contributed by atoms with Crippen LogP contribution in [0.4, 0.5) is 5.69 Å². The highest BCUT2D eigenvalue weighted by molar-refractivity contribution is 7.94. The lowest BCUT2D eigenvalue weighted by Gasteiger charge is -2.10. The Labute approximate surface area is 122 Å². The summed E-state index contributed by atoms with van der Waals surface area (Å²) < 4.78 is 27.4. The SMILES string of the molecule is CCc1ccc(S(=O)(=O)Nc2cccc(Cl)c2C)s1. The molecular formula is C13H14ClNO2S2. The van der Waals surface area contributed by atoms with Crippen LogP contribution in [0.15, 0.2) is 34.5 Å². The second kappa shape index (κ2) is 5.53. The van der Waals surface area contributed by atoms with Crippen LogP contribution in [0.1, 0.15) is 17.4 Å². The number of sulfonamides is 1. The number of hydrogen-bond acceptors (Lipinski definition) is 3. The third kappa shape index (κ3) is 3.11. The smallest absolute Gasteiger partial charge is 0.271 e. The van der Waals surface area contributed by atoms with E-state index in [0.717, 1.165) is 16.9 Å². The summed E-state index contributed by atoms with van der Waals surface area (Å²) in [4.78, 5) is 1.04. The van der Waals surface area contributed by atoms with Crippen molar-refractivity contribution in [3.8, 4) is 0 Å². The summed E-state index contributed by atoms with van der Waals surface area (Å²) in [6.07, 6.45) is 0.830. The van der Waals surface area contributed by atoms with E-state index < -0.39 is 10.0 Å². The van der Waals surface area contributed by atoms with Crippen molar-refractivity contribution in [3.63, 3.8) is 0 Å². The fraction of sp³-hybridized carbons (Fsp3) is 0.231. The molecule has 0 saturated carbocycles. The quantitative estimate of drug-likeness (QED) is 0.924. The molecule has 1 N–H and O–H groups in total. The van der Waals surface area contributed by atoms with E-state index in [1.807, 2.05) is 13.0 Å². The molecule has 3 nitrogen and oxygen atoms in total. The van der Waals surface area contributed by atoms with Gasteiger partial charge in [-0.3, -0.25) is 4.72 Å². The minimum Gasteiger partial charge on any atom is -0.279 e. The Bertz CT molecular complexity index is 692. The van der Waals surface area contributed by atoms with Crippen molar-refractivity contribution in [3.05, 3.63) is 45.8 Å². The Hall–Kier alpha value is -1.04. The molecule has 0 aliphatic carbocycles. The number of halogens is 1. The van der Waals surface area contributed by atoms with Gasteiger partial charge in [-0.2, -0.15) is 0 Å². The van der Waals surface area contributed by atoms with Gasteiger partial charge in [-0.25, -0.2) is 8.42 Å². The monoisotopic (exact) mass is 315 g/mol. The van der Waals surface area contributed by atoms with Crippen LogP contribution in [0.25, 0.3) is 0 Å². The predicted molar refractivity (Wildman–Crippen MR) is 80.7 cm³/mol. The lowest BCUT2D eigenvalue weighted by molar-refractivity contribution is 0.603. The Kier molecular flexibility index (Phi) is 4.18. The minimum absolute atomic E-state index is 0.323. The van der Waals surface area contributed by atoms with E-state index >= 15 is 0 Å².